The molecule has 2 aliphatic carbocycles. The molecule has 1 aromatic carbocycles. The molecule has 118 valence electrons. The van der Waals surface area contributed by atoms with Crippen molar-refractivity contribution < 1.29 is 22.8 Å². The van der Waals surface area contributed by atoms with Crippen LogP contribution in [0, 0.1) is 5.41 Å². The number of ketones is 2. The molecule has 1 spiro atoms. The van der Waals surface area contributed by atoms with E-state index in [0.717, 1.165) is 6.07 Å². The number of carbonyl (C=O) groups excluding carboxylic acids is 2. The van der Waals surface area contributed by atoms with Crippen LogP contribution in [0.3, 0.4) is 0 Å². The van der Waals surface area contributed by atoms with Crippen LogP contribution in [-0.2, 0) is 15.8 Å². The van der Waals surface area contributed by atoms with Crippen LogP contribution in [0.15, 0.2) is 54.3 Å². The largest absolute Gasteiger partial charge is 0.417 e. The number of alkyl halides is 3. The van der Waals surface area contributed by atoms with Gasteiger partial charge in [-0.15, -0.1) is 0 Å². The number of allylic oxidation sites excluding steroid dienone is 4. The summed E-state index contributed by atoms with van der Waals surface area (Å²) in [5.74, 6) is -0.720. The Morgan fingerprint density at radius 2 is 1.65 bits per heavy atom. The number of benzene rings is 1. The molecule has 3 nitrogen and oxygen atoms in total. The molecule has 0 saturated carbocycles. The molecule has 3 rings (SSSR count). The van der Waals surface area contributed by atoms with Crippen molar-refractivity contribution in [3.8, 4) is 0 Å². The van der Waals surface area contributed by atoms with E-state index in [9.17, 15) is 22.8 Å². The molecule has 6 heteroatoms. The zero-order valence-electron chi connectivity index (χ0n) is 11.9. The molecular formula is C17H12F3NO2. The Bertz CT molecular complexity index is 784. The topological polar surface area (TPSA) is 60.2 Å². The smallest absolute Gasteiger partial charge is 0.400 e. The quantitative estimate of drug-likeness (QED) is 0.865. The third-order valence-corrected chi connectivity index (χ3v) is 4.09. The Morgan fingerprint density at radius 1 is 1.04 bits per heavy atom. The van der Waals surface area contributed by atoms with Crippen molar-refractivity contribution in [1.29, 1.82) is 0 Å². The first-order valence-electron chi connectivity index (χ1n) is 6.87. The minimum Gasteiger partial charge on any atom is -0.400 e. The number of carbonyl (C=O) groups is 2. The van der Waals surface area contributed by atoms with E-state index in [1.54, 1.807) is 0 Å². The van der Waals surface area contributed by atoms with Crippen LogP contribution in [0.1, 0.15) is 17.5 Å². The van der Waals surface area contributed by atoms with E-state index < -0.39 is 22.9 Å². The van der Waals surface area contributed by atoms with Crippen LogP contribution >= 0.6 is 0 Å². The van der Waals surface area contributed by atoms with Crippen LogP contribution < -0.4 is 5.73 Å². The Kier molecular flexibility index (Phi) is 3.28. The predicted octanol–water partition coefficient (Wildman–Crippen LogP) is 3.03. The number of hydrogen-bond donors (Lipinski definition) is 1. The number of Topliss-reactive ketones (excluding diaryl/α,β-unsaturated/α-hetero) is 1. The van der Waals surface area contributed by atoms with Crippen molar-refractivity contribution in [2.24, 2.45) is 11.1 Å². The van der Waals surface area contributed by atoms with Crippen molar-refractivity contribution in [1.82, 2.24) is 0 Å². The number of nitrogens with two attached hydrogens (primary N) is 1. The molecule has 0 unspecified atom stereocenters. The summed E-state index contributed by atoms with van der Waals surface area (Å²) < 4.78 is 39.6. The van der Waals surface area contributed by atoms with Gasteiger partial charge in [0, 0.05) is 17.7 Å². The molecule has 1 aromatic rings. The lowest BCUT2D eigenvalue weighted by Gasteiger charge is -2.24. The monoisotopic (exact) mass is 319 g/mol. The fourth-order valence-corrected chi connectivity index (χ4v) is 2.95. The van der Waals surface area contributed by atoms with Gasteiger partial charge in [-0.2, -0.15) is 13.2 Å². The zero-order chi connectivity index (χ0) is 16.8. The normalized spacial score (nSPS) is 20.0. The van der Waals surface area contributed by atoms with E-state index in [2.05, 4.69) is 0 Å². The lowest BCUT2D eigenvalue weighted by atomic mass is 9.81. The maximum atomic E-state index is 13.2. The fourth-order valence-electron chi connectivity index (χ4n) is 2.95. The Morgan fingerprint density at radius 3 is 2.26 bits per heavy atom. The van der Waals surface area contributed by atoms with Gasteiger partial charge in [0.15, 0.2) is 11.6 Å². The third kappa shape index (κ3) is 2.40. The van der Waals surface area contributed by atoms with Crippen LogP contribution in [-0.4, -0.2) is 11.6 Å². The minimum atomic E-state index is -4.59. The first kappa shape index (κ1) is 15.3. The Hall–Kier alpha value is -2.63. The molecule has 0 bridgehead atoms. The standard InChI is InChI=1S/C17H12F3NO2/c18-17(19,20)12-4-2-1-3-11(12)14-13(23)9-16(15(14)21)7-5-10(22)6-8-16/h1-8H,9,21H2. The summed E-state index contributed by atoms with van der Waals surface area (Å²) in [6.07, 6.45) is 0.837. The predicted molar refractivity (Wildman–Crippen MR) is 77.9 cm³/mol. The molecule has 23 heavy (non-hydrogen) atoms. The van der Waals surface area contributed by atoms with Gasteiger partial charge in [0.25, 0.3) is 0 Å². The molecule has 0 aliphatic heterocycles. The summed E-state index contributed by atoms with van der Waals surface area (Å²) in [5, 5.41) is 0. The average molecular weight is 319 g/mol. The maximum Gasteiger partial charge on any atom is 0.417 e. The molecule has 0 heterocycles. The van der Waals surface area contributed by atoms with Crippen LogP contribution in [0.25, 0.3) is 5.57 Å². The maximum absolute atomic E-state index is 13.2. The molecule has 0 saturated heterocycles. The third-order valence-electron chi connectivity index (χ3n) is 4.09. The van der Waals surface area contributed by atoms with Gasteiger partial charge >= 0.3 is 6.18 Å². The number of halogens is 3. The van der Waals surface area contributed by atoms with E-state index in [1.807, 2.05) is 0 Å². The molecule has 0 aromatic heterocycles. The van der Waals surface area contributed by atoms with Gasteiger partial charge < -0.3 is 5.73 Å². The summed E-state index contributed by atoms with van der Waals surface area (Å²) in [7, 11) is 0. The molecule has 0 atom stereocenters. The van der Waals surface area contributed by atoms with Crippen molar-refractivity contribution in [3.05, 3.63) is 65.4 Å². The number of hydrogen-bond acceptors (Lipinski definition) is 3. The highest BCUT2D eigenvalue weighted by Crippen LogP contribution is 2.47. The van der Waals surface area contributed by atoms with E-state index in [0.29, 0.717) is 0 Å². The molecule has 2 N–H and O–H groups in total. The molecule has 0 amide bonds. The van der Waals surface area contributed by atoms with E-state index >= 15 is 0 Å². The SMILES string of the molecule is NC1=C(c2ccccc2C(F)(F)F)C(=O)CC12C=CC(=O)C=C2. The van der Waals surface area contributed by atoms with Gasteiger partial charge in [0.2, 0.25) is 0 Å². The van der Waals surface area contributed by atoms with Crippen LogP contribution in [0.5, 0.6) is 0 Å². The van der Waals surface area contributed by atoms with Gasteiger partial charge in [-0.1, -0.05) is 30.4 Å². The lowest BCUT2D eigenvalue weighted by molar-refractivity contribution is -0.137. The molecule has 2 aliphatic rings. The molecular weight excluding hydrogens is 307 g/mol. The Labute approximate surface area is 130 Å². The first-order chi connectivity index (χ1) is 10.7. The highest BCUT2D eigenvalue weighted by Gasteiger charge is 2.44. The van der Waals surface area contributed by atoms with Gasteiger partial charge in [-0.25, -0.2) is 0 Å². The average Bonchev–Trinajstić information content (AvgIpc) is 2.72. The van der Waals surface area contributed by atoms with Crippen molar-refractivity contribution in [2.45, 2.75) is 12.6 Å². The summed E-state index contributed by atoms with van der Waals surface area (Å²) in [5.41, 5.74) is 3.83. The lowest BCUT2D eigenvalue weighted by Crippen LogP contribution is -2.23. The highest BCUT2D eigenvalue weighted by atomic mass is 19.4. The van der Waals surface area contributed by atoms with Gasteiger partial charge in [0.05, 0.1) is 11.0 Å². The first-order valence-corrected chi connectivity index (χ1v) is 6.87. The van der Waals surface area contributed by atoms with Gasteiger partial charge in [-0.05, 0) is 23.8 Å². The van der Waals surface area contributed by atoms with Gasteiger partial charge in [0.1, 0.15) is 0 Å². The second kappa shape index (κ2) is 4.94. The zero-order valence-corrected chi connectivity index (χ0v) is 11.9. The summed E-state index contributed by atoms with van der Waals surface area (Å²) in [4.78, 5) is 23.6. The van der Waals surface area contributed by atoms with E-state index in [-0.39, 0.29) is 29.0 Å². The fraction of sp³-hybridized carbons (Fsp3) is 0.176. The minimum absolute atomic E-state index is 0.0409. The second-order valence-electron chi connectivity index (χ2n) is 5.54. The van der Waals surface area contributed by atoms with E-state index in [1.165, 1.54) is 42.5 Å². The van der Waals surface area contributed by atoms with Crippen molar-refractivity contribution in [2.75, 3.05) is 0 Å². The Balaban J connectivity index is 2.19. The highest BCUT2D eigenvalue weighted by molar-refractivity contribution is 6.25. The number of rotatable bonds is 1. The van der Waals surface area contributed by atoms with Gasteiger partial charge in [-0.3, -0.25) is 9.59 Å². The summed E-state index contributed by atoms with van der Waals surface area (Å²) in [6, 6.07) is 4.85. The van der Waals surface area contributed by atoms with Crippen molar-refractivity contribution in [3.63, 3.8) is 0 Å². The second-order valence-corrected chi connectivity index (χ2v) is 5.54. The van der Waals surface area contributed by atoms with Crippen LogP contribution in [0.2, 0.25) is 0 Å². The molecule has 0 radical (unpaired) electrons. The van der Waals surface area contributed by atoms with Crippen molar-refractivity contribution >= 4 is 17.1 Å². The summed E-state index contributed by atoms with van der Waals surface area (Å²) in [6.45, 7) is 0. The van der Waals surface area contributed by atoms with Crippen LogP contribution in [0.4, 0.5) is 13.2 Å². The van der Waals surface area contributed by atoms with E-state index in [4.69, 9.17) is 5.73 Å². The molecule has 0 fully saturated rings. The summed E-state index contributed by atoms with van der Waals surface area (Å²) >= 11 is 0.